The zero-order valence-electron chi connectivity index (χ0n) is 17.9. The number of nitrogens with one attached hydrogen (secondary N) is 1. The number of hydrazone groups is 1. The van der Waals surface area contributed by atoms with Crippen molar-refractivity contribution in [2.24, 2.45) is 5.10 Å². The molecule has 0 atom stereocenters. The molecule has 3 aromatic rings. The van der Waals surface area contributed by atoms with Gasteiger partial charge in [-0.1, -0.05) is 29.8 Å². The Kier molecular flexibility index (Phi) is 9.17. The summed E-state index contributed by atoms with van der Waals surface area (Å²) >= 11 is 13.2. The van der Waals surface area contributed by atoms with E-state index in [1.165, 1.54) is 6.21 Å². The maximum atomic E-state index is 12.5. The SMILES string of the molecule is CCOc1cc(C(=O)N/N=C/c2cc(Br)c(OCc3ccccc3Cl)c(Br)c2)ccc1OC. The third kappa shape index (κ3) is 6.72. The molecule has 3 rings (SSSR count). The van der Waals surface area contributed by atoms with Crippen molar-refractivity contribution in [1.29, 1.82) is 0 Å². The number of rotatable bonds is 9. The largest absolute Gasteiger partial charge is 0.493 e. The van der Waals surface area contributed by atoms with Gasteiger partial charge in [-0.25, -0.2) is 5.43 Å². The van der Waals surface area contributed by atoms with Crippen LogP contribution in [0.2, 0.25) is 5.02 Å². The molecule has 0 aliphatic rings. The van der Waals surface area contributed by atoms with Crippen molar-refractivity contribution in [2.45, 2.75) is 13.5 Å². The molecule has 172 valence electrons. The Labute approximate surface area is 214 Å². The van der Waals surface area contributed by atoms with Crippen LogP contribution in [0, 0.1) is 0 Å². The summed E-state index contributed by atoms with van der Waals surface area (Å²) in [6, 6.07) is 16.1. The molecular weight excluding hydrogens is 576 g/mol. The van der Waals surface area contributed by atoms with Gasteiger partial charge in [-0.2, -0.15) is 5.10 Å². The van der Waals surface area contributed by atoms with Crippen molar-refractivity contribution in [3.05, 3.63) is 85.3 Å². The molecule has 9 heteroatoms. The van der Waals surface area contributed by atoms with Gasteiger partial charge in [0.15, 0.2) is 11.5 Å². The van der Waals surface area contributed by atoms with Crippen molar-refractivity contribution < 1.29 is 19.0 Å². The van der Waals surface area contributed by atoms with Gasteiger partial charge in [0, 0.05) is 16.1 Å². The van der Waals surface area contributed by atoms with Crippen LogP contribution in [0.15, 0.2) is 68.6 Å². The minimum absolute atomic E-state index is 0.325. The highest BCUT2D eigenvalue weighted by Gasteiger charge is 2.12. The number of benzene rings is 3. The lowest BCUT2D eigenvalue weighted by molar-refractivity contribution is 0.0954. The number of nitrogens with zero attached hydrogens (tertiary/aromatic N) is 1. The summed E-state index contributed by atoms with van der Waals surface area (Å²) in [5, 5.41) is 4.70. The molecular formula is C24H21Br2ClN2O4. The minimum atomic E-state index is -0.368. The zero-order valence-corrected chi connectivity index (χ0v) is 21.8. The number of amides is 1. The van der Waals surface area contributed by atoms with E-state index in [2.05, 4.69) is 42.4 Å². The predicted molar refractivity (Wildman–Crippen MR) is 137 cm³/mol. The van der Waals surface area contributed by atoms with Crippen molar-refractivity contribution in [3.8, 4) is 17.2 Å². The first kappa shape index (κ1) is 25.1. The lowest BCUT2D eigenvalue weighted by Gasteiger charge is -2.12. The van der Waals surface area contributed by atoms with Gasteiger partial charge >= 0.3 is 0 Å². The Morgan fingerprint density at radius 3 is 2.45 bits per heavy atom. The molecule has 3 aromatic carbocycles. The lowest BCUT2D eigenvalue weighted by Crippen LogP contribution is -2.17. The number of methoxy groups -OCH3 is 1. The van der Waals surface area contributed by atoms with Gasteiger partial charge in [0.1, 0.15) is 12.4 Å². The molecule has 0 saturated heterocycles. The van der Waals surface area contributed by atoms with Gasteiger partial charge in [0.25, 0.3) is 5.91 Å². The van der Waals surface area contributed by atoms with E-state index in [9.17, 15) is 4.79 Å². The molecule has 0 radical (unpaired) electrons. The van der Waals surface area contributed by atoms with Crippen LogP contribution in [0.25, 0.3) is 0 Å². The number of carbonyl (C=O) groups excluding carboxylic acids is 1. The topological polar surface area (TPSA) is 69.2 Å². The van der Waals surface area contributed by atoms with Gasteiger partial charge in [-0.05, 0) is 80.7 Å². The highest BCUT2D eigenvalue weighted by molar-refractivity contribution is 9.11. The fourth-order valence-electron chi connectivity index (χ4n) is 2.87. The van der Waals surface area contributed by atoms with Crippen LogP contribution >= 0.6 is 43.5 Å². The normalized spacial score (nSPS) is 10.8. The van der Waals surface area contributed by atoms with Crippen LogP contribution in [-0.2, 0) is 6.61 Å². The summed E-state index contributed by atoms with van der Waals surface area (Å²) in [4.78, 5) is 12.5. The number of carbonyl (C=O) groups is 1. The molecule has 0 aliphatic heterocycles. The molecule has 0 spiro atoms. The average Bonchev–Trinajstić information content (AvgIpc) is 2.79. The number of hydrogen-bond acceptors (Lipinski definition) is 5. The van der Waals surface area contributed by atoms with Gasteiger partial charge in [0.05, 0.1) is 28.9 Å². The van der Waals surface area contributed by atoms with Crippen molar-refractivity contribution in [1.82, 2.24) is 5.43 Å². The summed E-state index contributed by atoms with van der Waals surface area (Å²) in [5.41, 5.74) is 4.56. The second kappa shape index (κ2) is 12.1. The number of hydrogen-bond donors (Lipinski definition) is 1. The molecule has 0 aliphatic carbocycles. The fourth-order valence-corrected chi connectivity index (χ4v) is 4.51. The molecule has 0 heterocycles. The Balaban J connectivity index is 1.66. The molecule has 1 N–H and O–H groups in total. The summed E-state index contributed by atoms with van der Waals surface area (Å²) in [6.45, 7) is 2.65. The van der Waals surface area contributed by atoms with E-state index < -0.39 is 0 Å². The minimum Gasteiger partial charge on any atom is -0.493 e. The van der Waals surface area contributed by atoms with Crippen molar-refractivity contribution in [2.75, 3.05) is 13.7 Å². The fraction of sp³-hybridized carbons (Fsp3) is 0.167. The number of ether oxygens (including phenoxy) is 3. The second-order valence-corrected chi connectivity index (χ2v) is 8.81. The smallest absolute Gasteiger partial charge is 0.271 e. The summed E-state index contributed by atoms with van der Waals surface area (Å²) < 4.78 is 18.1. The Hall–Kier alpha value is -2.55. The first-order valence-electron chi connectivity index (χ1n) is 9.92. The van der Waals surface area contributed by atoms with Crippen LogP contribution in [0.3, 0.4) is 0 Å². The highest BCUT2D eigenvalue weighted by atomic mass is 79.9. The molecule has 33 heavy (non-hydrogen) atoms. The molecule has 0 unspecified atom stereocenters. The van der Waals surface area contributed by atoms with Gasteiger partial charge in [-0.15, -0.1) is 0 Å². The second-order valence-electron chi connectivity index (χ2n) is 6.69. The van der Waals surface area contributed by atoms with E-state index in [0.717, 1.165) is 20.1 Å². The average molecular weight is 597 g/mol. The van der Waals surface area contributed by atoms with E-state index in [4.69, 9.17) is 25.8 Å². The molecule has 6 nitrogen and oxygen atoms in total. The van der Waals surface area contributed by atoms with Gasteiger partial charge in [0.2, 0.25) is 0 Å². The van der Waals surface area contributed by atoms with Crippen LogP contribution in [0.1, 0.15) is 28.4 Å². The van der Waals surface area contributed by atoms with E-state index in [-0.39, 0.29) is 5.91 Å². The quantitative estimate of drug-likeness (QED) is 0.223. The van der Waals surface area contributed by atoms with Gasteiger partial charge < -0.3 is 14.2 Å². The Morgan fingerprint density at radius 1 is 1.06 bits per heavy atom. The third-order valence-corrected chi connectivity index (χ3v) is 6.00. The lowest BCUT2D eigenvalue weighted by atomic mass is 10.2. The highest BCUT2D eigenvalue weighted by Crippen LogP contribution is 2.35. The predicted octanol–water partition coefficient (Wildman–Crippen LogP) is 6.62. The first-order valence-corrected chi connectivity index (χ1v) is 11.9. The van der Waals surface area contributed by atoms with E-state index in [0.29, 0.717) is 41.0 Å². The molecule has 0 aromatic heterocycles. The maximum absolute atomic E-state index is 12.5. The summed E-state index contributed by atoms with van der Waals surface area (Å²) in [7, 11) is 1.55. The van der Waals surface area contributed by atoms with E-state index in [1.54, 1.807) is 25.3 Å². The van der Waals surface area contributed by atoms with Crippen molar-refractivity contribution in [3.63, 3.8) is 0 Å². The summed E-state index contributed by atoms with van der Waals surface area (Å²) in [5.74, 6) is 1.32. The van der Waals surface area contributed by atoms with Crippen LogP contribution in [0.5, 0.6) is 17.2 Å². The van der Waals surface area contributed by atoms with Gasteiger partial charge in [-0.3, -0.25) is 4.79 Å². The molecule has 0 saturated carbocycles. The monoisotopic (exact) mass is 594 g/mol. The van der Waals surface area contributed by atoms with Crippen LogP contribution in [-0.4, -0.2) is 25.8 Å². The Bertz CT molecular complexity index is 1150. The Morgan fingerprint density at radius 2 is 1.79 bits per heavy atom. The first-order chi connectivity index (χ1) is 15.9. The summed E-state index contributed by atoms with van der Waals surface area (Å²) in [6.07, 6.45) is 1.54. The van der Waals surface area contributed by atoms with Crippen LogP contribution < -0.4 is 19.6 Å². The molecule has 0 fully saturated rings. The van der Waals surface area contributed by atoms with E-state index >= 15 is 0 Å². The standard InChI is InChI=1S/C24H21Br2ClN2O4/c1-3-32-22-12-16(8-9-21(22)31-2)24(30)29-28-13-15-10-18(25)23(19(26)11-15)33-14-17-6-4-5-7-20(17)27/h4-13H,3,14H2,1-2H3,(H,29,30)/b28-13+. The molecule has 1 amide bonds. The van der Waals surface area contributed by atoms with Crippen LogP contribution in [0.4, 0.5) is 0 Å². The maximum Gasteiger partial charge on any atom is 0.271 e. The number of halogens is 3. The third-order valence-electron chi connectivity index (χ3n) is 4.46. The van der Waals surface area contributed by atoms with Crippen molar-refractivity contribution >= 4 is 55.6 Å². The van der Waals surface area contributed by atoms with E-state index in [1.807, 2.05) is 43.3 Å². The zero-order chi connectivity index (χ0) is 23.8. The molecule has 0 bridgehead atoms.